The SMILES string of the molecule is CCCOc1ccc(OC)c(-c2csc(NC(=O)c3ccc(OCCN4CCCC4CO)cc3)n2)c1. The van der Waals surface area contributed by atoms with Crippen LogP contribution in [0.25, 0.3) is 11.3 Å². The highest BCUT2D eigenvalue weighted by molar-refractivity contribution is 7.14. The normalized spacial score (nSPS) is 15.6. The molecule has 2 aromatic carbocycles. The van der Waals surface area contributed by atoms with Crippen molar-refractivity contribution in [3.05, 3.63) is 53.4 Å². The Hall–Kier alpha value is -3.14. The van der Waals surface area contributed by atoms with Gasteiger partial charge in [0.15, 0.2) is 5.13 Å². The molecule has 0 radical (unpaired) electrons. The lowest BCUT2D eigenvalue weighted by atomic mass is 10.1. The fourth-order valence-electron chi connectivity index (χ4n) is 4.20. The number of hydrogen-bond donors (Lipinski definition) is 2. The molecule has 1 aliphatic heterocycles. The number of ether oxygens (including phenoxy) is 3. The van der Waals surface area contributed by atoms with Crippen molar-refractivity contribution < 1.29 is 24.1 Å². The van der Waals surface area contributed by atoms with Crippen molar-refractivity contribution in [2.24, 2.45) is 0 Å². The third-order valence-corrected chi connectivity index (χ3v) is 6.88. The number of amides is 1. The van der Waals surface area contributed by atoms with Gasteiger partial charge in [-0.3, -0.25) is 15.0 Å². The maximum Gasteiger partial charge on any atom is 0.257 e. The molecular formula is C27H33N3O5S. The van der Waals surface area contributed by atoms with Gasteiger partial charge in [-0.1, -0.05) is 6.92 Å². The van der Waals surface area contributed by atoms with Crippen molar-refractivity contribution >= 4 is 22.4 Å². The van der Waals surface area contributed by atoms with E-state index >= 15 is 0 Å². The Kier molecular flexibility index (Phi) is 9.16. The summed E-state index contributed by atoms with van der Waals surface area (Å²) in [6.07, 6.45) is 3.07. The molecule has 1 saturated heterocycles. The van der Waals surface area contributed by atoms with E-state index < -0.39 is 0 Å². The molecule has 9 heteroatoms. The topological polar surface area (TPSA) is 93.2 Å². The van der Waals surface area contributed by atoms with Crippen molar-refractivity contribution in [1.82, 2.24) is 9.88 Å². The lowest BCUT2D eigenvalue weighted by Gasteiger charge is -2.22. The van der Waals surface area contributed by atoms with Crippen LogP contribution < -0.4 is 19.5 Å². The molecule has 1 aliphatic rings. The summed E-state index contributed by atoms with van der Waals surface area (Å²) < 4.78 is 17.1. The largest absolute Gasteiger partial charge is 0.496 e. The second-order valence-corrected chi connectivity index (χ2v) is 9.45. The highest BCUT2D eigenvalue weighted by Gasteiger charge is 2.23. The summed E-state index contributed by atoms with van der Waals surface area (Å²) in [6, 6.07) is 12.9. The Morgan fingerprint density at radius 2 is 1.94 bits per heavy atom. The zero-order valence-corrected chi connectivity index (χ0v) is 21.6. The minimum Gasteiger partial charge on any atom is -0.496 e. The second-order valence-electron chi connectivity index (χ2n) is 8.59. The number of aromatic nitrogens is 1. The summed E-state index contributed by atoms with van der Waals surface area (Å²) in [5, 5.41) is 14.7. The number of aliphatic hydroxyl groups is 1. The summed E-state index contributed by atoms with van der Waals surface area (Å²) >= 11 is 1.35. The van der Waals surface area contributed by atoms with E-state index in [9.17, 15) is 9.90 Å². The van der Waals surface area contributed by atoms with Gasteiger partial charge in [0.25, 0.3) is 5.91 Å². The predicted octanol–water partition coefficient (Wildman–Crippen LogP) is 4.70. The van der Waals surface area contributed by atoms with Gasteiger partial charge < -0.3 is 19.3 Å². The average molecular weight is 512 g/mol. The number of methoxy groups -OCH3 is 1. The molecule has 0 bridgehead atoms. The van der Waals surface area contributed by atoms with E-state index in [2.05, 4.69) is 22.1 Å². The Labute approximate surface area is 215 Å². The number of anilines is 1. The van der Waals surface area contributed by atoms with E-state index in [0.717, 1.165) is 43.7 Å². The molecule has 2 heterocycles. The molecule has 1 aromatic heterocycles. The fraction of sp³-hybridized carbons (Fsp3) is 0.407. The first kappa shape index (κ1) is 25.9. The van der Waals surface area contributed by atoms with Crippen LogP contribution in [0.2, 0.25) is 0 Å². The molecule has 1 amide bonds. The van der Waals surface area contributed by atoms with Gasteiger partial charge in [-0.15, -0.1) is 11.3 Å². The molecule has 1 unspecified atom stereocenters. The van der Waals surface area contributed by atoms with Crippen LogP contribution in [-0.2, 0) is 0 Å². The molecular weight excluding hydrogens is 478 g/mol. The first-order valence-electron chi connectivity index (χ1n) is 12.3. The van der Waals surface area contributed by atoms with Crippen molar-refractivity contribution in [1.29, 1.82) is 0 Å². The van der Waals surface area contributed by atoms with Gasteiger partial charge in [0.05, 0.1) is 26.0 Å². The molecule has 1 fully saturated rings. The molecule has 2 N–H and O–H groups in total. The standard InChI is InChI=1S/C27H33N3O5S/c1-3-14-34-22-10-11-25(33-2)23(16-22)24-18-36-27(28-24)29-26(32)19-6-8-21(9-7-19)35-15-13-30-12-4-5-20(30)17-31/h6-11,16,18,20,31H,3-5,12-15,17H2,1-2H3,(H,28,29,32). The first-order chi connectivity index (χ1) is 17.6. The first-order valence-corrected chi connectivity index (χ1v) is 13.1. The molecule has 1 atom stereocenters. The van der Waals surface area contributed by atoms with Gasteiger partial charge >= 0.3 is 0 Å². The summed E-state index contributed by atoms with van der Waals surface area (Å²) in [4.78, 5) is 19.6. The minimum absolute atomic E-state index is 0.192. The van der Waals surface area contributed by atoms with Crippen LogP contribution in [-0.4, -0.2) is 67.0 Å². The second kappa shape index (κ2) is 12.7. The van der Waals surface area contributed by atoms with Crippen molar-refractivity contribution in [2.45, 2.75) is 32.2 Å². The number of carbonyl (C=O) groups excluding carboxylic acids is 1. The monoisotopic (exact) mass is 511 g/mol. The van der Waals surface area contributed by atoms with Crippen molar-refractivity contribution in [2.75, 3.05) is 45.3 Å². The van der Waals surface area contributed by atoms with Crippen molar-refractivity contribution in [3.63, 3.8) is 0 Å². The lowest BCUT2D eigenvalue weighted by molar-refractivity contribution is 0.102. The number of likely N-dealkylation sites (tertiary alicyclic amines) is 1. The zero-order valence-electron chi connectivity index (χ0n) is 20.7. The van der Waals surface area contributed by atoms with Gasteiger partial charge in [0.2, 0.25) is 0 Å². The highest BCUT2D eigenvalue weighted by atomic mass is 32.1. The van der Waals surface area contributed by atoms with Crippen LogP contribution in [0.4, 0.5) is 5.13 Å². The van der Waals surface area contributed by atoms with Gasteiger partial charge in [-0.05, 0) is 68.3 Å². The zero-order chi connectivity index (χ0) is 25.3. The molecule has 192 valence electrons. The van der Waals surface area contributed by atoms with Gasteiger partial charge in [0, 0.05) is 29.1 Å². The maximum atomic E-state index is 12.8. The molecule has 4 rings (SSSR count). The number of aliphatic hydroxyl groups excluding tert-OH is 1. The van der Waals surface area contributed by atoms with Crippen LogP contribution in [0, 0.1) is 0 Å². The van der Waals surface area contributed by atoms with E-state index in [1.165, 1.54) is 11.3 Å². The average Bonchev–Trinajstić information content (AvgIpc) is 3.57. The summed E-state index contributed by atoms with van der Waals surface area (Å²) in [6.45, 7) is 5.20. The number of rotatable bonds is 12. The highest BCUT2D eigenvalue weighted by Crippen LogP contribution is 2.35. The Balaban J connectivity index is 1.33. The van der Waals surface area contributed by atoms with Gasteiger partial charge in [-0.2, -0.15) is 0 Å². The van der Waals surface area contributed by atoms with Crippen LogP contribution in [0.5, 0.6) is 17.2 Å². The van der Waals surface area contributed by atoms with Crippen molar-refractivity contribution in [3.8, 4) is 28.5 Å². The van der Waals surface area contributed by atoms with E-state index in [1.807, 2.05) is 23.6 Å². The third kappa shape index (κ3) is 6.54. The summed E-state index contributed by atoms with van der Waals surface area (Å²) in [5.41, 5.74) is 2.04. The number of nitrogens with zero attached hydrogens (tertiary/aromatic N) is 2. The number of hydrogen-bond acceptors (Lipinski definition) is 8. The van der Waals surface area contributed by atoms with Crippen LogP contribution in [0.15, 0.2) is 47.8 Å². The minimum atomic E-state index is -0.239. The Bertz CT molecular complexity index is 1130. The molecule has 0 saturated carbocycles. The van der Waals surface area contributed by atoms with E-state index in [-0.39, 0.29) is 18.6 Å². The van der Waals surface area contributed by atoms with Crippen LogP contribution in [0.1, 0.15) is 36.5 Å². The van der Waals surface area contributed by atoms with Gasteiger partial charge in [0.1, 0.15) is 23.9 Å². The Morgan fingerprint density at radius 1 is 1.17 bits per heavy atom. The summed E-state index contributed by atoms with van der Waals surface area (Å²) in [7, 11) is 1.62. The quantitative estimate of drug-likeness (QED) is 0.364. The Morgan fingerprint density at radius 3 is 2.69 bits per heavy atom. The number of carbonyl (C=O) groups is 1. The smallest absolute Gasteiger partial charge is 0.257 e. The predicted molar refractivity (Wildman–Crippen MR) is 141 cm³/mol. The van der Waals surface area contributed by atoms with E-state index in [4.69, 9.17) is 14.2 Å². The molecule has 0 aliphatic carbocycles. The van der Waals surface area contributed by atoms with Gasteiger partial charge in [-0.25, -0.2) is 4.98 Å². The maximum absolute atomic E-state index is 12.8. The molecule has 8 nitrogen and oxygen atoms in total. The molecule has 0 spiro atoms. The number of nitrogens with one attached hydrogen (secondary N) is 1. The molecule has 3 aromatic rings. The fourth-order valence-corrected chi connectivity index (χ4v) is 4.91. The van der Waals surface area contributed by atoms with Crippen LogP contribution >= 0.6 is 11.3 Å². The van der Waals surface area contributed by atoms with E-state index in [0.29, 0.717) is 41.1 Å². The molecule has 36 heavy (non-hydrogen) atoms. The van der Waals surface area contributed by atoms with E-state index in [1.54, 1.807) is 31.4 Å². The van der Waals surface area contributed by atoms with Crippen LogP contribution in [0.3, 0.4) is 0 Å². The summed E-state index contributed by atoms with van der Waals surface area (Å²) in [5.74, 6) is 1.91. The number of thiazole rings is 1. The lowest BCUT2D eigenvalue weighted by Crippen LogP contribution is -2.35. The third-order valence-electron chi connectivity index (χ3n) is 6.12. The number of benzene rings is 2.